The van der Waals surface area contributed by atoms with Crippen LogP contribution in [-0.2, 0) is 19.3 Å². The monoisotopic (exact) mass is 282 g/mol. The molecule has 2 aliphatic rings. The number of nitrogens with one attached hydrogen (secondary N) is 1. The Kier molecular flexibility index (Phi) is 2.74. The van der Waals surface area contributed by atoms with Crippen molar-refractivity contribution in [2.45, 2.75) is 32.1 Å². The topological polar surface area (TPSA) is 75.0 Å². The Morgan fingerprint density at radius 3 is 2.95 bits per heavy atom. The number of carbonyl (C=O) groups is 1. The quantitative estimate of drug-likeness (QED) is 0.786. The fourth-order valence-electron chi connectivity index (χ4n) is 3.49. The van der Waals surface area contributed by atoms with Crippen molar-refractivity contribution in [1.29, 1.82) is 0 Å². The highest BCUT2D eigenvalue weighted by Gasteiger charge is 2.30. The molecule has 108 valence electrons. The Hall–Kier alpha value is -2.30. The second kappa shape index (κ2) is 4.62. The van der Waals surface area contributed by atoms with Crippen LogP contribution in [0.15, 0.2) is 18.2 Å². The van der Waals surface area contributed by atoms with Gasteiger partial charge in [-0.05, 0) is 49.8 Å². The third kappa shape index (κ3) is 1.84. The average molecular weight is 282 g/mol. The fraction of sp³-hybridized carbons (Fsp3) is 0.375. The lowest BCUT2D eigenvalue weighted by Gasteiger charge is -2.30. The van der Waals surface area contributed by atoms with E-state index in [2.05, 4.69) is 10.2 Å². The Balaban J connectivity index is 1.75. The second-order valence-corrected chi connectivity index (χ2v) is 5.79. The lowest BCUT2D eigenvalue weighted by molar-refractivity contribution is 0.0979. The molecule has 0 saturated carbocycles. The number of aromatic amines is 1. The van der Waals surface area contributed by atoms with Gasteiger partial charge in [-0.15, -0.1) is 0 Å². The third-order valence-electron chi connectivity index (χ3n) is 4.54. The van der Waals surface area contributed by atoms with Gasteiger partial charge in [0.1, 0.15) is 0 Å². The summed E-state index contributed by atoms with van der Waals surface area (Å²) in [5.41, 5.74) is 11.7. The minimum atomic E-state index is 0.000880. The van der Waals surface area contributed by atoms with Crippen molar-refractivity contribution < 1.29 is 4.79 Å². The lowest BCUT2D eigenvalue weighted by Crippen LogP contribution is -2.36. The van der Waals surface area contributed by atoms with Gasteiger partial charge >= 0.3 is 0 Å². The largest absolute Gasteiger partial charge is 0.398 e. The number of rotatable bonds is 1. The number of amides is 1. The van der Waals surface area contributed by atoms with Crippen LogP contribution in [0.2, 0.25) is 0 Å². The van der Waals surface area contributed by atoms with Gasteiger partial charge < -0.3 is 10.6 Å². The van der Waals surface area contributed by atoms with Gasteiger partial charge in [-0.3, -0.25) is 9.89 Å². The predicted octanol–water partition coefficient (Wildman–Crippen LogP) is 2.07. The van der Waals surface area contributed by atoms with Crippen molar-refractivity contribution in [3.8, 4) is 0 Å². The summed E-state index contributed by atoms with van der Waals surface area (Å²) in [7, 11) is 0. The molecule has 0 saturated heterocycles. The molecule has 21 heavy (non-hydrogen) atoms. The van der Waals surface area contributed by atoms with Crippen molar-refractivity contribution >= 4 is 17.3 Å². The van der Waals surface area contributed by atoms with Gasteiger partial charge in [0.05, 0.1) is 0 Å². The SMILES string of the molecule is Nc1cccc2c1CCCN2C(=O)c1n[nH]c2c1CCC2. The maximum absolute atomic E-state index is 12.9. The van der Waals surface area contributed by atoms with E-state index in [1.165, 1.54) is 0 Å². The van der Waals surface area contributed by atoms with Crippen LogP contribution in [-0.4, -0.2) is 22.6 Å². The highest BCUT2D eigenvalue weighted by atomic mass is 16.2. The van der Waals surface area contributed by atoms with Crippen LogP contribution in [0.4, 0.5) is 11.4 Å². The van der Waals surface area contributed by atoms with Gasteiger partial charge in [0.2, 0.25) is 0 Å². The molecular formula is C16H18N4O. The molecule has 2 heterocycles. The number of nitrogens with zero attached hydrogens (tertiary/aromatic N) is 2. The fourth-order valence-corrected chi connectivity index (χ4v) is 3.49. The first kappa shape index (κ1) is 12.4. The summed E-state index contributed by atoms with van der Waals surface area (Å²) >= 11 is 0. The Morgan fingerprint density at radius 1 is 1.19 bits per heavy atom. The number of benzene rings is 1. The highest BCUT2D eigenvalue weighted by molar-refractivity contribution is 6.07. The average Bonchev–Trinajstić information content (AvgIpc) is 3.09. The number of hydrogen-bond donors (Lipinski definition) is 2. The summed E-state index contributed by atoms with van der Waals surface area (Å²) in [4.78, 5) is 14.7. The number of H-pyrrole nitrogens is 1. The molecule has 1 aromatic carbocycles. The molecule has 0 atom stereocenters. The van der Waals surface area contributed by atoms with E-state index in [0.29, 0.717) is 5.69 Å². The van der Waals surface area contributed by atoms with Gasteiger partial charge in [-0.25, -0.2) is 0 Å². The van der Waals surface area contributed by atoms with E-state index in [1.54, 1.807) is 0 Å². The standard InChI is InChI=1S/C16H18N4O/c17-12-6-2-8-14-10(12)5-3-9-20(14)16(21)15-11-4-1-7-13(11)18-19-15/h2,6,8H,1,3-5,7,9,17H2,(H,18,19). The number of nitrogen functional groups attached to an aromatic ring is 1. The predicted molar refractivity (Wildman–Crippen MR) is 81.5 cm³/mol. The van der Waals surface area contributed by atoms with Crippen LogP contribution in [0.25, 0.3) is 0 Å². The summed E-state index contributed by atoms with van der Waals surface area (Å²) in [6.45, 7) is 0.733. The van der Waals surface area contributed by atoms with Gasteiger partial charge in [0.25, 0.3) is 5.91 Å². The zero-order valence-corrected chi connectivity index (χ0v) is 11.9. The van der Waals surface area contributed by atoms with Gasteiger partial charge in [0, 0.05) is 29.2 Å². The molecule has 0 radical (unpaired) electrons. The number of nitrogens with two attached hydrogens (primary N) is 1. The molecule has 3 N–H and O–H groups in total. The molecule has 5 nitrogen and oxygen atoms in total. The van der Waals surface area contributed by atoms with Crippen LogP contribution in [0, 0.1) is 0 Å². The number of aromatic nitrogens is 2. The molecule has 5 heteroatoms. The minimum Gasteiger partial charge on any atom is -0.398 e. The first-order valence-corrected chi connectivity index (χ1v) is 7.51. The first-order valence-electron chi connectivity index (χ1n) is 7.51. The summed E-state index contributed by atoms with van der Waals surface area (Å²) in [6, 6.07) is 5.80. The van der Waals surface area contributed by atoms with Crippen LogP contribution in [0.1, 0.15) is 40.2 Å². The van der Waals surface area contributed by atoms with Crippen LogP contribution < -0.4 is 10.6 Å². The highest BCUT2D eigenvalue weighted by Crippen LogP contribution is 2.33. The van der Waals surface area contributed by atoms with Crippen LogP contribution in [0.5, 0.6) is 0 Å². The van der Waals surface area contributed by atoms with Crippen molar-refractivity contribution in [3.63, 3.8) is 0 Å². The number of aryl methyl sites for hydroxylation is 1. The second-order valence-electron chi connectivity index (χ2n) is 5.79. The van der Waals surface area contributed by atoms with Gasteiger partial charge in [0.15, 0.2) is 5.69 Å². The summed E-state index contributed by atoms with van der Waals surface area (Å²) in [5, 5.41) is 7.28. The summed E-state index contributed by atoms with van der Waals surface area (Å²) < 4.78 is 0. The Labute approximate surface area is 123 Å². The molecule has 0 bridgehead atoms. The maximum atomic E-state index is 12.9. The normalized spacial score (nSPS) is 16.7. The van der Waals surface area contributed by atoms with E-state index in [-0.39, 0.29) is 5.91 Å². The Bertz CT molecular complexity index is 719. The number of hydrogen-bond acceptors (Lipinski definition) is 3. The van der Waals surface area contributed by atoms with E-state index in [0.717, 1.165) is 66.8 Å². The van der Waals surface area contributed by atoms with E-state index < -0.39 is 0 Å². The number of carbonyl (C=O) groups excluding carboxylic acids is 1. The molecule has 2 aromatic rings. The first-order chi connectivity index (χ1) is 10.3. The molecule has 1 aliphatic heterocycles. The molecule has 0 unspecified atom stereocenters. The van der Waals surface area contributed by atoms with Crippen LogP contribution >= 0.6 is 0 Å². The van der Waals surface area contributed by atoms with E-state index in [4.69, 9.17) is 5.73 Å². The Morgan fingerprint density at radius 2 is 2.05 bits per heavy atom. The van der Waals surface area contributed by atoms with Crippen molar-refractivity contribution in [2.75, 3.05) is 17.2 Å². The van der Waals surface area contributed by atoms with Crippen molar-refractivity contribution in [3.05, 3.63) is 40.7 Å². The van der Waals surface area contributed by atoms with E-state index in [1.807, 2.05) is 23.1 Å². The van der Waals surface area contributed by atoms with E-state index in [9.17, 15) is 4.79 Å². The molecular weight excluding hydrogens is 264 g/mol. The smallest absolute Gasteiger partial charge is 0.279 e. The lowest BCUT2D eigenvalue weighted by atomic mass is 9.99. The molecule has 4 rings (SSSR count). The van der Waals surface area contributed by atoms with Crippen LogP contribution in [0.3, 0.4) is 0 Å². The molecule has 0 spiro atoms. The van der Waals surface area contributed by atoms with Crippen molar-refractivity contribution in [1.82, 2.24) is 10.2 Å². The minimum absolute atomic E-state index is 0.000880. The number of fused-ring (bicyclic) bond motifs is 2. The number of anilines is 2. The van der Waals surface area contributed by atoms with Gasteiger partial charge in [-0.1, -0.05) is 6.07 Å². The third-order valence-corrected chi connectivity index (χ3v) is 4.54. The summed E-state index contributed by atoms with van der Waals surface area (Å²) in [6.07, 6.45) is 4.93. The zero-order chi connectivity index (χ0) is 14.4. The zero-order valence-electron chi connectivity index (χ0n) is 11.9. The van der Waals surface area contributed by atoms with Gasteiger partial charge in [-0.2, -0.15) is 5.10 Å². The van der Waals surface area contributed by atoms with E-state index >= 15 is 0 Å². The van der Waals surface area contributed by atoms with Crippen molar-refractivity contribution in [2.24, 2.45) is 0 Å². The summed E-state index contributed by atoms with van der Waals surface area (Å²) in [5.74, 6) is 0.000880. The molecule has 1 amide bonds. The maximum Gasteiger partial charge on any atom is 0.279 e. The molecule has 1 aromatic heterocycles. The molecule has 1 aliphatic carbocycles. The molecule has 0 fully saturated rings.